The third-order valence-electron chi connectivity index (χ3n) is 4.09. The molecule has 5 heteroatoms. The van der Waals surface area contributed by atoms with E-state index in [1.54, 1.807) is 0 Å². The van der Waals surface area contributed by atoms with Crippen molar-refractivity contribution >= 4 is 0 Å². The number of hydrogen-bond acceptors (Lipinski definition) is 3. The van der Waals surface area contributed by atoms with E-state index in [0.29, 0.717) is 0 Å². The van der Waals surface area contributed by atoms with Gasteiger partial charge in [-0.25, -0.2) is 0 Å². The van der Waals surface area contributed by atoms with Crippen LogP contribution in [0.25, 0.3) is 0 Å². The Morgan fingerprint density at radius 3 is 2.26 bits per heavy atom. The second kappa shape index (κ2) is 14.5. The van der Waals surface area contributed by atoms with Crippen molar-refractivity contribution in [1.82, 2.24) is 5.32 Å². The molecule has 0 heterocycles. The summed E-state index contributed by atoms with van der Waals surface area (Å²) in [7, 11) is 0. The van der Waals surface area contributed by atoms with Crippen molar-refractivity contribution in [2.45, 2.75) is 52.0 Å². The van der Waals surface area contributed by atoms with E-state index in [9.17, 15) is 0 Å². The average Bonchev–Trinajstić information content (AvgIpc) is 2.57. The Bertz CT molecular complexity index is 434. The summed E-state index contributed by atoms with van der Waals surface area (Å²) in [5.74, 6) is 0.858. The predicted octanol–water partition coefficient (Wildman–Crippen LogP) is 4.37. The van der Waals surface area contributed by atoms with E-state index >= 15 is 0 Å². The molecule has 0 spiro atoms. The molecule has 1 rings (SSSR count). The van der Waals surface area contributed by atoms with Crippen LogP contribution < -0.4 is 5.32 Å². The molecule has 0 bridgehead atoms. The molecule has 0 amide bonds. The second-order valence-electron chi connectivity index (χ2n) is 6.19. The normalized spacial score (nSPS) is 12.0. The van der Waals surface area contributed by atoms with E-state index in [4.69, 9.17) is 0 Å². The van der Waals surface area contributed by atoms with Crippen molar-refractivity contribution in [3.8, 4) is 0 Å². The molecular formula is C18H29N3W2. The molecule has 1 atom stereocenters. The fourth-order valence-electron chi connectivity index (χ4n) is 2.65. The summed E-state index contributed by atoms with van der Waals surface area (Å²) in [6.07, 6.45) is 7.85. The topological polar surface area (TPSA) is 36.8 Å². The average molecular weight is 655 g/mol. The first-order valence-electron chi connectivity index (χ1n) is 8.63. The van der Waals surface area contributed by atoms with Crippen LogP contribution in [0.4, 0.5) is 0 Å². The molecule has 0 aliphatic rings. The Labute approximate surface area is 163 Å². The number of nitrogens with zero attached hydrogens (tertiary/aromatic N) is 2. The fourth-order valence-corrected chi connectivity index (χ4v) is 3.44. The Morgan fingerprint density at radius 2 is 1.57 bits per heavy atom. The second-order valence-corrected chi connectivity index (χ2v) is 8.05. The van der Waals surface area contributed by atoms with E-state index in [2.05, 4.69) is 43.5 Å². The van der Waals surface area contributed by atoms with Crippen LogP contribution in [-0.2, 0) is 52.2 Å². The van der Waals surface area contributed by atoms with Gasteiger partial charge in [-0.05, 0) is 0 Å². The molecular weight excluding hydrogens is 626 g/mol. The summed E-state index contributed by atoms with van der Waals surface area (Å²) in [6, 6.07) is 9.10. The van der Waals surface area contributed by atoms with Gasteiger partial charge in [0.15, 0.2) is 0 Å². The van der Waals surface area contributed by atoms with Crippen LogP contribution in [0.1, 0.15) is 50.2 Å². The minimum atomic E-state index is 0.858. The van der Waals surface area contributed by atoms with Gasteiger partial charge in [0.25, 0.3) is 0 Å². The first-order chi connectivity index (χ1) is 11.3. The van der Waals surface area contributed by atoms with Gasteiger partial charge in [-0.15, -0.1) is 0 Å². The number of hydrogen-bond donors (Lipinski definition) is 1. The van der Waals surface area contributed by atoms with Crippen LogP contribution in [0, 0.1) is 5.92 Å². The van der Waals surface area contributed by atoms with Gasteiger partial charge in [0.05, 0.1) is 0 Å². The van der Waals surface area contributed by atoms with E-state index < -0.39 is 0 Å². The number of rotatable bonds is 14. The van der Waals surface area contributed by atoms with Gasteiger partial charge in [-0.2, -0.15) is 0 Å². The van der Waals surface area contributed by atoms with Crippen LogP contribution >= 0.6 is 0 Å². The Hall–Kier alpha value is 0.157. The fraction of sp³-hybridized carbons (Fsp3) is 0.667. The summed E-state index contributed by atoms with van der Waals surface area (Å²) in [4.78, 5) is 0. The standard InChI is InChI=1S/C18H29N3.2W/c1-16(6-4-12-19)5-2-3-7-17-8-10-18(11-9-17)15-21-14-13-20;;/h8-11,16,21H,2-7,12-15H2,1H3;;. The van der Waals surface area contributed by atoms with Crippen LogP contribution in [0.15, 0.2) is 31.3 Å². The Morgan fingerprint density at radius 1 is 0.913 bits per heavy atom. The SMILES string of the molecule is CC(CCCCc1ccc(CNCC[N]=[W])cc1)CCC[N]=[W]. The summed E-state index contributed by atoms with van der Waals surface area (Å²) < 4.78 is 8.43. The molecule has 0 aliphatic carbocycles. The minimum absolute atomic E-state index is 0.858. The van der Waals surface area contributed by atoms with E-state index in [1.165, 1.54) is 88.9 Å². The third kappa shape index (κ3) is 11.4. The summed E-state index contributed by atoms with van der Waals surface area (Å²) in [5.41, 5.74) is 2.84. The van der Waals surface area contributed by atoms with E-state index in [1.807, 2.05) is 0 Å². The third-order valence-corrected chi connectivity index (χ3v) is 5.40. The molecule has 1 unspecified atom stereocenters. The van der Waals surface area contributed by atoms with Gasteiger partial charge in [-0.3, -0.25) is 0 Å². The van der Waals surface area contributed by atoms with E-state index in [-0.39, 0.29) is 0 Å². The zero-order valence-electron chi connectivity index (χ0n) is 14.2. The summed E-state index contributed by atoms with van der Waals surface area (Å²) in [6.45, 7) is 6.32. The van der Waals surface area contributed by atoms with Crippen molar-refractivity contribution in [2.75, 3.05) is 19.6 Å². The first kappa shape index (κ1) is 21.2. The maximum atomic E-state index is 4.25. The van der Waals surface area contributed by atoms with Crippen molar-refractivity contribution in [3.63, 3.8) is 0 Å². The molecule has 128 valence electrons. The maximum absolute atomic E-state index is 4.25. The molecule has 0 radical (unpaired) electrons. The van der Waals surface area contributed by atoms with Gasteiger partial charge in [-0.1, -0.05) is 0 Å². The van der Waals surface area contributed by atoms with Crippen molar-refractivity contribution in [2.24, 2.45) is 12.9 Å². The number of nitrogens with one attached hydrogen (secondary N) is 1. The van der Waals surface area contributed by atoms with Gasteiger partial charge >= 0.3 is 165 Å². The zero-order chi connectivity index (χ0) is 16.8. The number of benzene rings is 1. The van der Waals surface area contributed by atoms with E-state index in [0.717, 1.165) is 32.1 Å². The molecule has 3 nitrogen and oxygen atoms in total. The predicted molar refractivity (Wildman–Crippen MR) is 88.7 cm³/mol. The summed E-state index contributed by atoms with van der Waals surface area (Å²) in [5, 5.41) is 3.42. The van der Waals surface area contributed by atoms with Gasteiger partial charge in [0.1, 0.15) is 0 Å². The molecule has 0 aromatic heterocycles. The molecule has 1 aromatic rings. The quantitative estimate of drug-likeness (QED) is 0.298. The van der Waals surface area contributed by atoms with Crippen LogP contribution in [0.3, 0.4) is 0 Å². The van der Waals surface area contributed by atoms with Crippen molar-refractivity contribution < 1.29 is 39.3 Å². The van der Waals surface area contributed by atoms with Gasteiger partial charge in [0, 0.05) is 0 Å². The number of aryl methyl sites for hydroxylation is 1. The molecule has 0 fully saturated rings. The Kier molecular flexibility index (Phi) is 13.4. The first-order valence-corrected chi connectivity index (χ1v) is 11.3. The molecule has 0 saturated heterocycles. The van der Waals surface area contributed by atoms with Crippen molar-refractivity contribution in [1.29, 1.82) is 0 Å². The molecule has 0 aliphatic heterocycles. The van der Waals surface area contributed by atoms with Crippen LogP contribution in [-0.4, -0.2) is 19.6 Å². The van der Waals surface area contributed by atoms with Crippen molar-refractivity contribution in [3.05, 3.63) is 35.4 Å². The molecule has 23 heavy (non-hydrogen) atoms. The van der Waals surface area contributed by atoms with Gasteiger partial charge < -0.3 is 0 Å². The van der Waals surface area contributed by atoms with Crippen LogP contribution in [0.5, 0.6) is 0 Å². The molecule has 1 N–H and O–H groups in total. The Balaban J connectivity index is 2.12. The molecule has 1 aromatic carbocycles. The number of unbranched alkanes of at least 4 members (excludes halogenated alkanes) is 1. The van der Waals surface area contributed by atoms with Gasteiger partial charge in [0.2, 0.25) is 0 Å². The zero-order valence-corrected chi connectivity index (χ0v) is 20.0. The van der Waals surface area contributed by atoms with Crippen LogP contribution in [0.2, 0.25) is 0 Å². The summed E-state index contributed by atoms with van der Waals surface area (Å²) >= 11 is 2.68. The molecule has 0 saturated carbocycles. The monoisotopic (exact) mass is 655 g/mol.